The number of halogens is 1. The SMILES string of the molecule is COc1ccc(O[C@H](CCI)c2ccccc2)c(C)c1. The Morgan fingerprint density at radius 2 is 1.85 bits per heavy atom. The molecule has 2 aromatic rings. The van der Waals surface area contributed by atoms with Crippen LogP contribution in [0.2, 0.25) is 0 Å². The zero-order valence-electron chi connectivity index (χ0n) is 11.8. The average Bonchev–Trinajstić information content (AvgIpc) is 2.49. The second-order valence-corrected chi connectivity index (χ2v) is 5.71. The normalized spacial score (nSPS) is 11.9. The van der Waals surface area contributed by atoms with Gasteiger partial charge in [-0.25, -0.2) is 0 Å². The molecule has 1 atom stereocenters. The van der Waals surface area contributed by atoms with E-state index < -0.39 is 0 Å². The van der Waals surface area contributed by atoms with Gasteiger partial charge in [0.15, 0.2) is 0 Å². The molecule has 106 valence electrons. The molecule has 2 nitrogen and oxygen atoms in total. The molecule has 20 heavy (non-hydrogen) atoms. The first-order valence-electron chi connectivity index (χ1n) is 6.67. The second kappa shape index (κ2) is 7.53. The minimum Gasteiger partial charge on any atom is -0.497 e. The number of ether oxygens (including phenoxy) is 2. The van der Waals surface area contributed by atoms with Crippen molar-refractivity contribution in [1.29, 1.82) is 0 Å². The van der Waals surface area contributed by atoms with Gasteiger partial charge in [0.05, 0.1) is 7.11 Å². The zero-order chi connectivity index (χ0) is 14.4. The largest absolute Gasteiger partial charge is 0.497 e. The third kappa shape index (κ3) is 3.88. The number of hydrogen-bond donors (Lipinski definition) is 0. The molecule has 0 fully saturated rings. The summed E-state index contributed by atoms with van der Waals surface area (Å²) in [5.74, 6) is 1.78. The maximum atomic E-state index is 6.21. The fraction of sp³-hybridized carbons (Fsp3) is 0.294. The van der Waals surface area contributed by atoms with Crippen molar-refractivity contribution in [2.24, 2.45) is 0 Å². The lowest BCUT2D eigenvalue weighted by molar-refractivity contribution is 0.202. The number of aryl methyl sites for hydroxylation is 1. The van der Waals surface area contributed by atoms with Gasteiger partial charge in [0.25, 0.3) is 0 Å². The van der Waals surface area contributed by atoms with Gasteiger partial charge in [-0.15, -0.1) is 0 Å². The summed E-state index contributed by atoms with van der Waals surface area (Å²) in [7, 11) is 1.68. The lowest BCUT2D eigenvalue weighted by Gasteiger charge is -2.20. The van der Waals surface area contributed by atoms with E-state index in [1.807, 2.05) is 31.2 Å². The molecule has 0 N–H and O–H groups in total. The summed E-state index contributed by atoms with van der Waals surface area (Å²) in [6.45, 7) is 2.05. The first kappa shape index (κ1) is 15.2. The van der Waals surface area contributed by atoms with Crippen molar-refractivity contribution in [3.8, 4) is 11.5 Å². The fourth-order valence-corrected chi connectivity index (χ4v) is 2.66. The Labute approximate surface area is 134 Å². The summed E-state index contributed by atoms with van der Waals surface area (Å²) in [6.07, 6.45) is 1.09. The average molecular weight is 382 g/mol. The molecule has 0 amide bonds. The van der Waals surface area contributed by atoms with Gasteiger partial charge in [-0.1, -0.05) is 52.9 Å². The lowest BCUT2D eigenvalue weighted by atomic mass is 10.1. The van der Waals surface area contributed by atoms with E-state index in [4.69, 9.17) is 9.47 Å². The van der Waals surface area contributed by atoms with Crippen molar-refractivity contribution in [2.75, 3.05) is 11.5 Å². The lowest BCUT2D eigenvalue weighted by Crippen LogP contribution is -2.09. The number of alkyl halides is 1. The monoisotopic (exact) mass is 382 g/mol. The Bertz CT molecular complexity index is 540. The van der Waals surface area contributed by atoms with Crippen LogP contribution in [0, 0.1) is 6.92 Å². The minimum absolute atomic E-state index is 0.0974. The highest BCUT2D eigenvalue weighted by molar-refractivity contribution is 14.1. The molecule has 0 unspecified atom stereocenters. The quantitative estimate of drug-likeness (QED) is 0.520. The summed E-state index contributed by atoms with van der Waals surface area (Å²) >= 11 is 2.39. The van der Waals surface area contributed by atoms with Crippen molar-refractivity contribution in [2.45, 2.75) is 19.4 Å². The summed E-state index contributed by atoms with van der Waals surface area (Å²) in [5.41, 5.74) is 2.32. The molecule has 0 radical (unpaired) electrons. The molecule has 0 saturated carbocycles. The first-order valence-corrected chi connectivity index (χ1v) is 8.19. The topological polar surface area (TPSA) is 18.5 Å². The molecule has 0 aliphatic carbocycles. The molecule has 0 bridgehead atoms. The molecule has 0 heterocycles. The Morgan fingerprint density at radius 3 is 2.45 bits per heavy atom. The summed E-state index contributed by atoms with van der Waals surface area (Å²) in [4.78, 5) is 0. The van der Waals surface area contributed by atoms with E-state index in [2.05, 4.69) is 46.9 Å². The molecule has 0 saturated heterocycles. The number of methoxy groups -OCH3 is 1. The van der Waals surface area contributed by atoms with Crippen molar-refractivity contribution in [3.63, 3.8) is 0 Å². The van der Waals surface area contributed by atoms with Gasteiger partial charge in [0, 0.05) is 4.43 Å². The molecule has 0 aliphatic rings. The first-order chi connectivity index (χ1) is 9.74. The predicted molar refractivity (Wildman–Crippen MR) is 91.0 cm³/mol. The molecule has 0 spiro atoms. The Morgan fingerprint density at radius 1 is 1.10 bits per heavy atom. The molecule has 0 aliphatic heterocycles. The van der Waals surface area contributed by atoms with Crippen molar-refractivity contribution < 1.29 is 9.47 Å². The van der Waals surface area contributed by atoms with Crippen LogP contribution in [0.4, 0.5) is 0 Å². The maximum absolute atomic E-state index is 6.21. The zero-order valence-corrected chi connectivity index (χ0v) is 14.0. The minimum atomic E-state index is 0.0974. The highest BCUT2D eigenvalue weighted by Crippen LogP contribution is 2.30. The van der Waals surface area contributed by atoms with Crippen LogP contribution >= 0.6 is 22.6 Å². The Balaban J connectivity index is 2.20. The molecular formula is C17H19IO2. The van der Waals surface area contributed by atoms with Crippen LogP contribution in [0.5, 0.6) is 11.5 Å². The van der Waals surface area contributed by atoms with Crippen LogP contribution in [-0.2, 0) is 0 Å². The van der Waals surface area contributed by atoms with Gasteiger partial charge >= 0.3 is 0 Å². The van der Waals surface area contributed by atoms with Crippen molar-refractivity contribution in [1.82, 2.24) is 0 Å². The molecule has 3 heteroatoms. The van der Waals surface area contributed by atoms with Crippen LogP contribution in [0.3, 0.4) is 0 Å². The van der Waals surface area contributed by atoms with Gasteiger partial charge in [0.1, 0.15) is 17.6 Å². The highest BCUT2D eigenvalue weighted by atomic mass is 127. The summed E-state index contributed by atoms with van der Waals surface area (Å²) in [5, 5.41) is 0. The van der Waals surface area contributed by atoms with E-state index in [1.165, 1.54) is 5.56 Å². The van der Waals surface area contributed by atoms with E-state index >= 15 is 0 Å². The van der Waals surface area contributed by atoms with E-state index in [1.54, 1.807) is 7.11 Å². The Kier molecular flexibility index (Phi) is 5.71. The fourth-order valence-electron chi connectivity index (χ4n) is 2.09. The van der Waals surface area contributed by atoms with Crippen LogP contribution in [0.1, 0.15) is 23.7 Å². The number of benzene rings is 2. The molecular weight excluding hydrogens is 363 g/mol. The van der Waals surface area contributed by atoms with Gasteiger partial charge in [-0.05, 0) is 42.7 Å². The van der Waals surface area contributed by atoms with Crippen molar-refractivity contribution in [3.05, 3.63) is 59.7 Å². The van der Waals surface area contributed by atoms with E-state index in [-0.39, 0.29) is 6.10 Å². The molecule has 0 aromatic heterocycles. The van der Waals surface area contributed by atoms with Crippen molar-refractivity contribution >= 4 is 22.6 Å². The summed E-state index contributed by atoms with van der Waals surface area (Å²) in [6, 6.07) is 16.3. The number of rotatable bonds is 6. The Hall–Kier alpha value is -1.23. The molecule has 2 aromatic carbocycles. The smallest absolute Gasteiger partial charge is 0.124 e. The predicted octanol–water partition coefficient (Wildman–Crippen LogP) is 4.95. The third-order valence-electron chi connectivity index (χ3n) is 3.19. The second-order valence-electron chi connectivity index (χ2n) is 4.63. The van der Waals surface area contributed by atoms with Crippen LogP contribution in [-0.4, -0.2) is 11.5 Å². The summed E-state index contributed by atoms with van der Waals surface area (Å²) < 4.78 is 12.5. The number of hydrogen-bond acceptors (Lipinski definition) is 2. The van der Waals surface area contributed by atoms with E-state index in [0.29, 0.717) is 0 Å². The maximum Gasteiger partial charge on any atom is 0.124 e. The van der Waals surface area contributed by atoms with Crippen LogP contribution in [0.15, 0.2) is 48.5 Å². The van der Waals surface area contributed by atoms with Gasteiger partial charge in [-0.2, -0.15) is 0 Å². The third-order valence-corrected chi connectivity index (χ3v) is 3.82. The van der Waals surface area contributed by atoms with E-state index in [0.717, 1.165) is 27.9 Å². The highest BCUT2D eigenvalue weighted by Gasteiger charge is 2.14. The van der Waals surface area contributed by atoms with Gasteiger partial charge < -0.3 is 9.47 Å². The van der Waals surface area contributed by atoms with Gasteiger partial charge in [-0.3, -0.25) is 0 Å². The van der Waals surface area contributed by atoms with E-state index in [9.17, 15) is 0 Å². The van der Waals surface area contributed by atoms with Crippen LogP contribution in [0.25, 0.3) is 0 Å². The molecule has 2 rings (SSSR count). The standard InChI is InChI=1S/C17H19IO2/c1-13-12-15(19-2)8-9-16(13)20-17(10-11-18)14-6-4-3-5-7-14/h3-9,12,17H,10-11H2,1-2H3/t17-/m1/s1. The van der Waals surface area contributed by atoms with Crippen LogP contribution < -0.4 is 9.47 Å². The van der Waals surface area contributed by atoms with Gasteiger partial charge in [0.2, 0.25) is 0 Å².